The SMILES string of the molecule is CC(C)(C)C(=O)N1CCN(C(=O)c2ccc(NC(=O)C3CC3)cc2)CC1. The normalized spacial score (nSPS) is 17.8. The van der Waals surface area contributed by atoms with Crippen LogP contribution in [-0.4, -0.2) is 53.7 Å². The maximum Gasteiger partial charge on any atom is 0.253 e. The number of hydrogen-bond acceptors (Lipinski definition) is 3. The maximum absolute atomic E-state index is 12.7. The Hall–Kier alpha value is -2.37. The molecule has 1 aromatic rings. The highest BCUT2D eigenvalue weighted by atomic mass is 16.2. The minimum atomic E-state index is -0.396. The zero-order valence-electron chi connectivity index (χ0n) is 15.7. The van der Waals surface area contributed by atoms with Crippen molar-refractivity contribution in [3.05, 3.63) is 29.8 Å². The summed E-state index contributed by atoms with van der Waals surface area (Å²) in [5.41, 5.74) is 0.927. The van der Waals surface area contributed by atoms with Crippen molar-refractivity contribution in [3.8, 4) is 0 Å². The first kappa shape index (κ1) is 18.4. The van der Waals surface area contributed by atoms with Crippen LogP contribution in [0.5, 0.6) is 0 Å². The van der Waals surface area contributed by atoms with Crippen molar-refractivity contribution in [2.75, 3.05) is 31.5 Å². The van der Waals surface area contributed by atoms with Gasteiger partial charge in [-0.05, 0) is 37.1 Å². The van der Waals surface area contributed by atoms with Gasteiger partial charge in [0.15, 0.2) is 0 Å². The minimum absolute atomic E-state index is 0.0343. The van der Waals surface area contributed by atoms with Crippen LogP contribution in [0.15, 0.2) is 24.3 Å². The Kier molecular flexibility index (Phi) is 5.03. The van der Waals surface area contributed by atoms with Gasteiger partial charge in [-0.2, -0.15) is 0 Å². The second-order valence-electron chi connectivity index (χ2n) is 8.18. The molecule has 1 aromatic carbocycles. The highest BCUT2D eigenvalue weighted by Gasteiger charge is 2.31. The molecule has 1 saturated heterocycles. The summed E-state index contributed by atoms with van der Waals surface area (Å²) in [5, 5.41) is 2.87. The third-order valence-corrected chi connectivity index (χ3v) is 4.84. The highest BCUT2D eigenvalue weighted by molar-refractivity contribution is 5.97. The van der Waals surface area contributed by atoms with Crippen LogP contribution in [0.2, 0.25) is 0 Å². The smallest absolute Gasteiger partial charge is 0.253 e. The average Bonchev–Trinajstić information content (AvgIpc) is 3.46. The molecule has 0 spiro atoms. The fourth-order valence-corrected chi connectivity index (χ4v) is 3.06. The molecule has 3 rings (SSSR count). The first-order chi connectivity index (χ1) is 12.3. The van der Waals surface area contributed by atoms with Crippen molar-refractivity contribution in [3.63, 3.8) is 0 Å². The van der Waals surface area contributed by atoms with Crippen molar-refractivity contribution in [1.29, 1.82) is 0 Å². The second kappa shape index (κ2) is 7.09. The molecule has 0 aromatic heterocycles. The molecule has 6 heteroatoms. The molecular formula is C20H27N3O3. The largest absolute Gasteiger partial charge is 0.339 e. The lowest BCUT2D eigenvalue weighted by Crippen LogP contribution is -2.53. The Morgan fingerprint density at radius 2 is 1.46 bits per heavy atom. The van der Waals surface area contributed by atoms with Gasteiger partial charge in [0.25, 0.3) is 5.91 Å². The van der Waals surface area contributed by atoms with Crippen LogP contribution < -0.4 is 5.32 Å². The molecule has 0 radical (unpaired) electrons. The zero-order chi connectivity index (χ0) is 18.9. The molecule has 1 N–H and O–H groups in total. The number of benzene rings is 1. The molecule has 2 fully saturated rings. The van der Waals surface area contributed by atoms with Crippen molar-refractivity contribution in [2.45, 2.75) is 33.6 Å². The predicted molar refractivity (Wildman–Crippen MR) is 99.7 cm³/mol. The van der Waals surface area contributed by atoms with Crippen LogP contribution in [0.3, 0.4) is 0 Å². The zero-order valence-corrected chi connectivity index (χ0v) is 15.7. The van der Waals surface area contributed by atoms with Crippen LogP contribution in [0, 0.1) is 11.3 Å². The molecule has 0 unspecified atom stereocenters. The summed E-state index contributed by atoms with van der Waals surface area (Å²) >= 11 is 0. The van der Waals surface area contributed by atoms with E-state index in [4.69, 9.17) is 0 Å². The average molecular weight is 357 g/mol. The highest BCUT2D eigenvalue weighted by Crippen LogP contribution is 2.30. The molecule has 3 amide bonds. The van der Waals surface area contributed by atoms with E-state index >= 15 is 0 Å². The Morgan fingerprint density at radius 3 is 1.96 bits per heavy atom. The molecule has 1 aliphatic heterocycles. The van der Waals surface area contributed by atoms with Gasteiger partial charge >= 0.3 is 0 Å². The summed E-state index contributed by atoms with van der Waals surface area (Å²) in [7, 11) is 0. The van der Waals surface area contributed by atoms with E-state index in [-0.39, 0.29) is 23.6 Å². The summed E-state index contributed by atoms with van der Waals surface area (Å²) in [6.45, 7) is 7.96. The van der Waals surface area contributed by atoms with Crippen molar-refractivity contribution >= 4 is 23.4 Å². The Balaban J connectivity index is 1.55. The van der Waals surface area contributed by atoms with E-state index in [1.165, 1.54) is 0 Å². The van der Waals surface area contributed by atoms with Gasteiger partial charge in [0, 0.05) is 48.8 Å². The van der Waals surface area contributed by atoms with Crippen LogP contribution >= 0.6 is 0 Å². The Labute approximate surface area is 154 Å². The number of carbonyl (C=O) groups is 3. The molecule has 0 bridgehead atoms. The summed E-state index contributed by atoms with van der Waals surface area (Å²) in [4.78, 5) is 40.4. The lowest BCUT2D eigenvalue weighted by Gasteiger charge is -2.37. The van der Waals surface area contributed by atoms with Gasteiger partial charge in [-0.1, -0.05) is 20.8 Å². The van der Waals surface area contributed by atoms with Crippen LogP contribution in [0.4, 0.5) is 5.69 Å². The van der Waals surface area contributed by atoms with E-state index in [9.17, 15) is 14.4 Å². The van der Waals surface area contributed by atoms with Crippen molar-refractivity contribution in [2.24, 2.45) is 11.3 Å². The third kappa shape index (κ3) is 4.23. The van der Waals surface area contributed by atoms with Gasteiger partial charge in [-0.15, -0.1) is 0 Å². The predicted octanol–water partition coefficient (Wildman–Crippen LogP) is 2.37. The van der Waals surface area contributed by atoms with E-state index in [0.717, 1.165) is 18.5 Å². The lowest BCUT2D eigenvalue weighted by atomic mass is 9.94. The summed E-state index contributed by atoms with van der Waals surface area (Å²) in [6.07, 6.45) is 1.93. The molecule has 1 heterocycles. The van der Waals surface area contributed by atoms with Crippen LogP contribution in [0.1, 0.15) is 44.0 Å². The number of anilines is 1. The first-order valence-electron chi connectivity index (χ1n) is 9.25. The number of hydrogen-bond donors (Lipinski definition) is 1. The van der Waals surface area contributed by atoms with E-state index in [1.807, 2.05) is 25.7 Å². The molecular weight excluding hydrogens is 330 g/mol. The van der Waals surface area contributed by atoms with Crippen molar-refractivity contribution < 1.29 is 14.4 Å². The van der Waals surface area contributed by atoms with Gasteiger partial charge < -0.3 is 15.1 Å². The molecule has 140 valence electrons. The van der Waals surface area contributed by atoms with E-state index in [2.05, 4.69) is 5.32 Å². The van der Waals surface area contributed by atoms with Gasteiger partial charge in [-0.3, -0.25) is 14.4 Å². The Morgan fingerprint density at radius 1 is 0.923 bits per heavy atom. The summed E-state index contributed by atoms with van der Waals surface area (Å²) < 4.78 is 0. The van der Waals surface area contributed by atoms with Gasteiger partial charge in [0.05, 0.1) is 0 Å². The topological polar surface area (TPSA) is 69.7 Å². The number of carbonyl (C=O) groups excluding carboxylic acids is 3. The summed E-state index contributed by atoms with van der Waals surface area (Å²) in [5.74, 6) is 0.306. The molecule has 26 heavy (non-hydrogen) atoms. The van der Waals surface area contributed by atoms with Gasteiger partial charge in [0.1, 0.15) is 0 Å². The van der Waals surface area contributed by atoms with E-state index in [1.54, 1.807) is 29.2 Å². The first-order valence-corrected chi connectivity index (χ1v) is 9.25. The standard InChI is InChI=1S/C20H27N3O3/c1-20(2,3)19(26)23-12-10-22(11-13-23)18(25)15-6-8-16(9-7-15)21-17(24)14-4-5-14/h6-9,14H,4-5,10-13H2,1-3H3,(H,21,24). The quantitative estimate of drug-likeness (QED) is 0.903. The number of piperazine rings is 1. The van der Waals surface area contributed by atoms with E-state index in [0.29, 0.717) is 31.7 Å². The molecule has 1 aliphatic carbocycles. The molecule has 2 aliphatic rings. The van der Waals surface area contributed by atoms with Crippen LogP contribution in [0.25, 0.3) is 0 Å². The molecule has 6 nitrogen and oxygen atoms in total. The van der Waals surface area contributed by atoms with Gasteiger partial charge in [0.2, 0.25) is 11.8 Å². The van der Waals surface area contributed by atoms with Gasteiger partial charge in [-0.25, -0.2) is 0 Å². The molecule has 1 saturated carbocycles. The third-order valence-electron chi connectivity index (χ3n) is 4.84. The number of rotatable bonds is 3. The second-order valence-corrected chi connectivity index (χ2v) is 8.18. The monoisotopic (exact) mass is 357 g/mol. The fraction of sp³-hybridized carbons (Fsp3) is 0.550. The summed E-state index contributed by atoms with van der Waals surface area (Å²) in [6, 6.07) is 7.04. The maximum atomic E-state index is 12.7. The number of nitrogens with one attached hydrogen (secondary N) is 1. The number of nitrogens with zero attached hydrogens (tertiary/aromatic N) is 2. The van der Waals surface area contributed by atoms with E-state index < -0.39 is 5.41 Å². The minimum Gasteiger partial charge on any atom is -0.339 e. The molecule has 0 atom stereocenters. The van der Waals surface area contributed by atoms with Crippen molar-refractivity contribution in [1.82, 2.24) is 9.80 Å². The number of amides is 3. The lowest BCUT2D eigenvalue weighted by molar-refractivity contribution is -0.140. The van der Waals surface area contributed by atoms with Crippen LogP contribution in [-0.2, 0) is 9.59 Å². The fourth-order valence-electron chi connectivity index (χ4n) is 3.06. The Bertz CT molecular complexity index is 694.